The zero-order valence-corrected chi connectivity index (χ0v) is 11.7. The molecule has 0 spiro atoms. The SMILES string of the molecule is COC(=O)c1ccc(Cl)c(NC(=O)CC(C)CN)c1. The van der Waals surface area contributed by atoms with Gasteiger partial charge >= 0.3 is 5.97 Å². The summed E-state index contributed by atoms with van der Waals surface area (Å²) in [6, 6.07) is 4.56. The summed E-state index contributed by atoms with van der Waals surface area (Å²) in [5.41, 5.74) is 6.17. The van der Waals surface area contributed by atoms with E-state index < -0.39 is 5.97 Å². The van der Waals surface area contributed by atoms with Crippen LogP contribution in [0, 0.1) is 5.92 Å². The Kier molecular flexibility index (Phi) is 5.79. The number of methoxy groups -OCH3 is 1. The molecular weight excluding hydrogens is 268 g/mol. The molecule has 1 aromatic rings. The first-order valence-electron chi connectivity index (χ1n) is 5.85. The Balaban J connectivity index is 2.82. The summed E-state index contributed by atoms with van der Waals surface area (Å²) in [4.78, 5) is 23.1. The first kappa shape index (κ1) is 15.5. The van der Waals surface area contributed by atoms with Crippen LogP contribution in [0.15, 0.2) is 18.2 Å². The molecule has 1 atom stereocenters. The van der Waals surface area contributed by atoms with Crippen molar-refractivity contribution in [2.45, 2.75) is 13.3 Å². The van der Waals surface area contributed by atoms with Crippen LogP contribution < -0.4 is 11.1 Å². The number of anilines is 1. The molecule has 6 heteroatoms. The standard InChI is InChI=1S/C13H17ClN2O3/c1-8(7-15)5-12(17)16-11-6-9(13(18)19-2)3-4-10(11)14/h3-4,6,8H,5,7,15H2,1-2H3,(H,16,17). The van der Waals surface area contributed by atoms with Crippen molar-refractivity contribution in [1.82, 2.24) is 0 Å². The Morgan fingerprint density at radius 1 is 1.47 bits per heavy atom. The third-order valence-corrected chi connectivity index (χ3v) is 2.93. The number of rotatable bonds is 5. The second-order valence-electron chi connectivity index (χ2n) is 4.28. The van der Waals surface area contributed by atoms with E-state index in [0.29, 0.717) is 29.2 Å². The molecule has 1 aromatic carbocycles. The van der Waals surface area contributed by atoms with Gasteiger partial charge in [0.2, 0.25) is 5.91 Å². The van der Waals surface area contributed by atoms with E-state index in [0.717, 1.165) is 0 Å². The summed E-state index contributed by atoms with van der Waals surface area (Å²) in [5.74, 6) is -0.591. The highest BCUT2D eigenvalue weighted by Crippen LogP contribution is 2.23. The van der Waals surface area contributed by atoms with Gasteiger partial charge in [0.15, 0.2) is 0 Å². The van der Waals surface area contributed by atoms with E-state index in [1.807, 2.05) is 6.92 Å². The highest BCUT2D eigenvalue weighted by molar-refractivity contribution is 6.33. The molecule has 0 heterocycles. The lowest BCUT2D eigenvalue weighted by molar-refractivity contribution is -0.116. The second kappa shape index (κ2) is 7.11. The number of hydrogen-bond acceptors (Lipinski definition) is 4. The maximum atomic E-state index is 11.7. The zero-order chi connectivity index (χ0) is 14.4. The minimum atomic E-state index is -0.484. The van der Waals surface area contributed by atoms with Gasteiger partial charge in [-0.05, 0) is 30.7 Å². The Morgan fingerprint density at radius 3 is 2.74 bits per heavy atom. The number of carbonyl (C=O) groups is 2. The fourth-order valence-corrected chi connectivity index (χ4v) is 1.63. The lowest BCUT2D eigenvalue weighted by Crippen LogP contribution is -2.20. The van der Waals surface area contributed by atoms with Crippen LogP contribution in [0.4, 0.5) is 5.69 Å². The minimum absolute atomic E-state index is 0.0857. The van der Waals surface area contributed by atoms with E-state index in [-0.39, 0.29) is 11.8 Å². The van der Waals surface area contributed by atoms with E-state index >= 15 is 0 Å². The van der Waals surface area contributed by atoms with Crippen molar-refractivity contribution in [2.24, 2.45) is 11.7 Å². The summed E-state index contributed by atoms with van der Waals surface area (Å²) in [6.45, 7) is 2.31. The van der Waals surface area contributed by atoms with Crippen molar-refractivity contribution in [3.8, 4) is 0 Å². The van der Waals surface area contributed by atoms with E-state index in [1.165, 1.54) is 25.3 Å². The average molecular weight is 285 g/mol. The van der Waals surface area contributed by atoms with E-state index in [1.54, 1.807) is 0 Å². The number of benzene rings is 1. The van der Waals surface area contributed by atoms with Gasteiger partial charge in [-0.25, -0.2) is 4.79 Å². The molecule has 0 aliphatic heterocycles. The van der Waals surface area contributed by atoms with Crippen molar-refractivity contribution < 1.29 is 14.3 Å². The number of ether oxygens (including phenoxy) is 1. The van der Waals surface area contributed by atoms with E-state index in [2.05, 4.69) is 10.1 Å². The van der Waals surface area contributed by atoms with Crippen LogP contribution in [-0.2, 0) is 9.53 Å². The van der Waals surface area contributed by atoms with Crippen molar-refractivity contribution >= 4 is 29.2 Å². The van der Waals surface area contributed by atoms with Gasteiger partial charge in [-0.15, -0.1) is 0 Å². The van der Waals surface area contributed by atoms with Crippen LogP contribution in [0.3, 0.4) is 0 Å². The molecular formula is C13H17ClN2O3. The van der Waals surface area contributed by atoms with Gasteiger partial charge in [0.1, 0.15) is 0 Å². The highest BCUT2D eigenvalue weighted by Gasteiger charge is 2.12. The fourth-order valence-electron chi connectivity index (χ4n) is 1.47. The normalized spacial score (nSPS) is 11.8. The third-order valence-electron chi connectivity index (χ3n) is 2.60. The predicted octanol–water partition coefficient (Wildman–Crippen LogP) is 2.05. The molecule has 1 amide bonds. The number of esters is 1. The summed E-state index contributed by atoms with van der Waals surface area (Å²) in [5, 5.41) is 3.02. The Hall–Kier alpha value is -1.59. The molecule has 1 unspecified atom stereocenters. The fraction of sp³-hybridized carbons (Fsp3) is 0.385. The summed E-state index contributed by atoms with van der Waals surface area (Å²) >= 11 is 5.97. The van der Waals surface area contributed by atoms with Crippen molar-refractivity contribution in [3.05, 3.63) is 28.8 Å². The molecule has 0 aromatic heterocycles. The minimum Gasteiger partial charge on any atom is -0.465 e. The Bertz CT molecular complexity index is 477. The first-order valence-corrected chi connectivity index (χ1v) is 6.23. The number of nitrogens with one attached hydrogen (secondary N) is 1. The van der Waals surface area contributed by atoms with Crippen molar-refractivity contribution in [3.63, 3.8) is 0 Å². The van der Waals surface area contributed by atoms with E-state index in [4.69, 9.17) is 17.3 Å². The van der Waals surface area contributed by atoms with Crippen molar-refractivity contribution in [2.75, 3.05) is 19.0 Å². The van der Waals surface area contributed by atoms with Crippen LogP contribution in [0.1, 0.15) is 23.7 Å². The van der Waals surface area contributed by atoms with Gasteiger partial charge in [-0.3, -0.25) is 4.79 Å². The summed E-state index contributed by atoms with van der Waals surface area (Å²) in [6.07, 6.45) is 0.301. The second-order valence-corrected chi connectivity index (χ2v) is 4.69. The lowest BCUT2D eigenvalue weighted by atomic mass is 10.1. The summed E-state index contributed by atoms with van der Waals surface area (Å²) < 4.78 is 4.61. The van der Waals surface area contributed by atoms with Gasteiger partial charge < -0.3 is 15.8 Å². The van der Waals surface area contributed by atoms with Gasteiger partial charge in [0.25, 0.3) is 0 Å². The van der Waals surface area contributed by atoms with Crippen LogP contribution in [0.2, 0.25) is 5.02 Å². The number of amides is 1. The third kappa shape index (κ3) is 4.54. The molecule has 5 nitrogen and oxygen atoms in total. The Morgan fingerprint density at radius 2 is 2.16 bits per heavy atom. The highest BCUT2D eigenvalue weighted by atomic mass is 35.5. The molecule has 0 aliphatic carbocycles. The topological polar surface area (TPSA) is 81.4 Å². The maximum absolute atomic E-state index is 11.7. The molecule has 104 valence electrons. The van der Waals surface area contributed by atoms with Crippen LogP contribution in [-0.4, -0.2) is 25.5 Å². The van der Waals surface area contributed by atoms with Gasteiger partial charge in [0, 0.05) is 6.42 Å². The molecule has 0 aliphatic rings. The average Bonchev–Trinajstić information content (AvgIpc) is 2.40. The van der Waals surface area contributed by atoms with Gasteiger partial charge in [-0.1, -0.05) is 18.5 Å². The largest absolute Gasteiger partial charge is 0.465 e. The number of carbonyl (C=O) groups excluding carboxylic acids is 2. The number of hydrogen-bond donors (Lipinski definition) is 2. The van der Waals surface area contributed by atoms with Crippen molar-refractivity contribution in [1.29, 1.82) is 0 Å². The Labute approximate surface area is 117 Å². The molecule has 19 heavy (non-hydrogen) atoms. The first-order chi connectivity index (χ1) is 8.97. The van der Waals surface area contributed by atoms with E-state index in [9.17, 15) is 9.59 Å². The maximum Gasteiger partial charge on any atom is 0.337 e. The van der Waals surface area contributed by atoms with Crippen LogP contribution >= 0.6 is 11.6 Å². The van der Waals surface area contributed by atoms with Gasteiger partial charge in [0.05, 0.1) is 23.4 Å². The monoisotopic (exact) mass is 284 g/mol. The quantitative estimate of drug-likeness (QED) is 0.811. The molecule has 0 fully saturated rings. The molecule has 0 saturated heterocycles. The molecule has 0 radical (unpaired) electrons. The molecule has 1 rings (SSSR count). The lowest BCUT2D eigenvalue weighted by Gasteiger charge is -2.11. The predicted molar refractivity (Wildman–Crippen MR) is 74.3 cm³/mol. The molecule has 0 bridgehead atoms. The molecule has 3 N–H and O–H groups in total. The van der Waals surface area contributed by atoms with Crippen LogP contribution in [0.25, 0.3) is 0 Å². The molecule has 0 saturated carbocycles. The number of nitrogens with two attached hydrogens (primary N) is 1. The number of halogens is 1. The summed E-state index contributed by atoms with van der Waals surface area (Å²) in [7, 11) is 1.29. The van der Waals surface area contributed by atoms with Gasteiger partial charge in [-0.2, -0.15) is 0 Å². The van der Waals surface area contributed by atoms with Crippen LogP contribution in [0.5, 0.6) is 0 Å². The zero-order valence-electron chi connectivity index (χ0n) is 10.9. The smallest absolute Gasteiger partial charge is 0.337 e.